The molecule has 0 fully saturated rings. The van der Waals surface area contributed by atoms with E-state index in [2.05, 4.69) is 5.32 Å². The maximum Gasteiger partial charge on any atom is 0.334 e. The summed E-state index contributed by atoms with van der Waals surface area (Å²) in [5.74, 6) is 0.0861. The van der Waals surface area contributed by atoms with Crippen LogP contribution in [0.15, 0.2) is 29.3 Å². The Balaban J connectivity index is 1.47. The first-order valence-corrected chi connectivity index (χ1v) is 7.83. The van der Waals surface area contributed by atoms with E-state index in [9.17, 15) is 14.7 Å². The first kappa shape index (κ1) is 14.3. The molecule has 1 aromatic carbocycles. The lowest BCUT2D eigenvalue weighted by atomic mass is 9.94. The van der Waals surface area contributed by atoms with Crippen molar-refractivity contribution in [3.63, 3.8) is 0 Å². The second-order valence-corrected chi connectivity index (χ2v) is 6.26. The van der Waals surface area contributed by atoms with E-state index in [-0.39, 0.29) is 23.7 Å². The lowest BCUT2D eigenvalue weighted by molar-refractivity contribution is -0.136. The van der Waals surface area contributed by atoms with Crippen molar-refractivity contribution in [2.24, 2.45) is 0 Å². The van der Waals surface area contributed by atoms with Crippen LogP contribution in [0.3, 0.4) is 0 Å². The fourth-order valence-electron chi connectivity index (χ4n) is 3.53. The molecule has 6 heteroatoms. The van der Waals surface area contributed by atoms with Crippen molar-refractivity contribution in [2.75, 3.05) is 19.7 Å². The second-order valence-electron chi connectivity index (χ2n) is 6.26. The quantitative estimate of drug-likeness (QED) is 0.738. The summed E-state index contributed by atoms with van der Waals surface area (Å²) in [6.07, 6.45) is 1.20. The van der Waals surface area contributed by atoms with Crippen molar-refractivity contribution in [3.05, 3.63) is 40.5 Å². The van der Waals surface area contributed by atoms with Crippen LogP contribution < -0.4 is 5.32 Å². The highest BCUT2D eigenvalue weighted by atomic mass is 16.5. The molecule has 3 aliphatic heterocycles. The molecule has 0 spiro atoms. The van der Waals surface area contributed by atoms with Gasteiger partial charge in [-0.15, -0.1) is 0 Å². The number of carbonyl (C=O) groups is 2. The van der Waals surface area contributed by atoms with Crippen molar-refractivity contribution in [1.82, 2.24) is 10.2 Å². The number of aromatic hydroxyl groups is 1. The van der Waals surface area contributed by atoms with Crippen LogP contribution in [0.4, 0.5) is 0 Å². The average Bonchev–Trinajstić information content (AvgIpc) is 2.94. The third-order valence-electron chi connectivity index (χ3n) is 4.83. The zero-order chi connectivity index (χ0) is 16.0. The van der Waals surface area contributed by atoms with E-state index >= 15 is 0 Å². The predicted octanol–water partition coefficient (Wildman–Crippen LogP) is 0.492. The summed E-state index contributed by atoms with van der Waals surface area (Å²) in [4.78, 5) is 26.1. The number of nitrogens with zero attached hydrogens (tertiary/aromatic N) is 1. The SMILES string of the molecule is O=C1OCC2=C1CCN(C(=O)[C@H]1Cc3ccc(O)cc3CN1)C2. The monoisotopic (exact) mass is 314 g/mol. The van der Waals surface area contributed by atoms with E-state index < -0.39 is 0 Å². The van der Waals surface area contributed by atoms with Gasteiger partial charge in [-0.05, 0) is 41.7 Å². The number of hydrogen-bond donors (Lipinski definition) is 2. The fourth-order valence-corrected chi connectivity index (χ4v) is 3.53. The molecule has 23 heavy (non-hydrogen) atoms. The van der Waals surface area contributed by atoms with Gasteiger partial charge in [-0.25, -0.2) is 4.79 Å². The molecular formula is C17H18N2O4. The number of carbonyl (C=O) groups excluding carboxylic acids is 2. The molecule has 1 atom stereocenters. The first-order valence-electron chi connectivity index (χ1n) is 7.83. The maximum atomic E-state index is 12.8. The Morgan fingerprint density at radius 2 is 2.22 bits per heavy atom. The zero-order valence-electron chi connectivity index (χ0n) is 12.7. The lowest BCUT2D eigenvalue weighted by Gasteiger charge is -2.33. The molecule has 3 heterocycles. The van der Waals surface area contributed by atoms with Gasteiger partial charge in [-0.2, -0.15) is 0 Å². The molecule has 0 bridgehead atoms. The average molecular weight is 314 g/mol. The number of fused-ring (bicyclic) bond motifs is 1. The van der Waals surface area contributed by atoms with E-state index in [4.69, 9.17) is 4.74 Å². The number of hydrogen-bond acceptors (Lipinski definition) is 5. The predicted molar refractivity (Wildman–Crippen MR) is 81.6 cm³/mol. The smallest absolute Gasteiger partial charge is 0.334 e. The lowest BCUT2D eigenvalue weighted by Crippen LogP contribution is -2.51. The Morgan fingerprint density at radius 3 is 3.09 bits per heavy atom. The molecule has 0 radical (unpaired) electrons. The highest BCUT2D eigenvalue weighted by Crippen LogP contribution is 2.27. The summed E-state index contributed by atoms with van der Waals surface area (Å²) in [5, 5.41) is 12.8. The normalized spacial score (nSPS) is 23.4. The number of esters is 1. The number of phenols is 1. The molecule has 0 saturated heterocycles. The molecule has 1 aromatic rings. The molecule has 0 saturated carbocycles. The number of cyclic esters (lactones) is 1. The number of ether oxygens (including phenoxy) is 1. The second kappa shape index (κ2) is 5.38. The van der Waals surface area contributed by atoms with Crippen LogP contribution in [-0.4, -0.2) is 47.6 Å². The van der Waals surface area contributed by atoms with Crippen LogP contribution in [0, 0.1) is 0 Å². The Hall–Kier alpha value is -2.34. The van der Waals surface area contributed by atoms with Gasteiger partial charge in [0.2, 0.25) is 5.91 Å². The fraction of sp³-hybridized carbons (Fsp3) is 0.412. The van der Waals surface area contributed by atoms with Crippen LogP contribution in [-0.2, 0) is 27.3 Å². The number of phenolic OH excluding ortho intramolecular Hbond substituents is 1. The van der Waals surface area contributed by atoms with Crippen LogP contribution >= 0.6 is 0 Å². The molecule has 0 aromatic heterocycles. The highest BCUT2D eigenvalue weighted by molar-refractivity contribution is 5.93. The number of benzene rings is 1. The van der Waals surface area contributed by atoms with Crippen molar-refractivity contribution < 1.29 is 19.4 Å². The number of amides is 1. The van der Waals surface area contributed by atoms with Gasteiger partial charge in [0.1, 0.15) is 12.4 Å². The van der Waals surface area contributed by atoms with Gasteiger partial charge in [0.15, 0.2) is 0 Å². The summed E-state index contributed by atoms with van der Waals surface area (Å²) in [5.41, 5.74) is 3.82. The molecule has 4 rings (SSSR count). The summed E-state index contributed by atoms with van der Waals surface area (Å²) in [6, 6.07) is 5.02. The summed E-state index contributed by atoms with van der Waals surface area (Å²) < 4.78 is 5.04. The maximum absolute atomic E-state index is 12.8. The number of rotatable bonds is 1. The largest absolute Gasteiger partial charge is 0.508 e. The minimum absolute atomic E-state index is 0.0645. The summed E-state index contributed by atoms with van der Waals surface area (Å²) >= 11 is 0. The van der Waals surface area contributed by atoms with Crippen LogP contribution in [0.5, 0.6) is 5.75 Å². The summed E-state index contributed by atoms with van der Waals surface area (Å²) in [7, 11) is 0. The standard InChI is InChI=1S/C17H18N2O4/c20-13-2-1-10-6-15(18-7-11(10)5-13)16(21)19-4-3-14-12(8-19)9-23-17(14)22/h1-2,5,15,18,20H,3-4,6-9H2/t15-/m1/s1. The molecular weight excluding hydrogens is 296 g/mol. The van der Waals surface area contributed by atoms with E-state index in [0.29, 0.717) is 39.1 Å². The molecule has 2 N–H and O–H groups in total. The Labute approximate surface area is 133 Å². The van der Waals surface area contributed by atoms with Crippen LogP contribution in [0.2, 0.25) is 0 Å². The third-order valence-corrected chi connectivity index (χ3v) is 4.83. The van der Waals surface area contributed by atoms with Gasteiger partial charge in [0.05, 0.1) is 6.04 Å². The van der Waals surface area contributed by atoms with Crippen LogP contribution in [0.25, 0.3) is 0 Å². The summed E-state index contributed by atoms with van der Waals surface area (Å²) in [6.45, 7) is 1.94. The minimum atomic E-state index is -0.257. The van der Waals surface area contributed by atoms with Gasteiger partial charge >= 0.3 is 5.97 Å². The van der Waals surface area contributed by atoms with Crippen molar-refractivity contribution in [2.45, 2.75) is 25.4 Å². The molecule has 6 nitrogen and oxygen atoms in total. The van der Waals surface area contributed by atoms with Gasteiger partial charge < -0.3 is 20.1 Å². The molecule has 120 valence electrons. The van der Waals surface area contributed by atoms with E-state index in [0.717, 1.165) is 22.3 Å². The van der Waals surface area contributed by atoms with Gasteiger partial charge in [0, 0.05) is 25.2 Å². The van der Waals surface area contributed by atoms with Crippen molar-refractivity contribution in [3.8, 4) is 5.75 Å². The Bertz CT molecular complexity index is 725. The van der Waals surface area contributed by atoms with E-state index in [1.807, 2.05) is 11.0 Å². The molecule has 1 amide bonds. The number of nitrogens with one attached hydrogen (secondary N) is 1. The van der Waals surface area contributed by atoms with E-state index in [1.165, 1.54) is 0 Å². The minimum Gasteiger partial charge on any atom is -0.508 e. The van der Waals surface area contributed by atoms with Gasteiger partial charge in [-0.1, -0.05) is 6.07 Å². The van der Waals surface area contributed by atoms with Crippen LogP contribution in [0.1, 0.15) is 17.5 Å². The topological polar surface area (TPSA) is 78.9 Å². The van der Waals surface area contributed by atoms with Crippen molar-refractivity contribution in [1.29, 1.82) is 0 Å². The Kier molecular flexibility index (Phi) is 3.34. The van der Waals surface area contributed by atoms with Gasteiger partial charge in [-0.3, -0.25) is 4.79 Å². The third kappa shape index (κ3) is 2.49. The first-order chi connectivity index (χ1) is 11.1. The van der Waals surface area contributed by atoms with Gasteiger partial charge in [0.25, 0.3) is 0 Å². The molecule has 0 unspecified atom stereocenters. The molecule has 3 aliphatic rings. The zero-order valence-corrected chi connectivity index (χ0v) is 12.7. The van der Waals surface area contributed by atoms with E-state index in [1.54, 1.807) is 12.1 Å². The molecule has 0 aliphatic carbocycles. The Morgan fingerprint density at radius 1 is 1.35 bits per heavy atom. The van der Waals surface area contributed by atoms with Crippen molar-refractivity contribution >= 4 is 11.9 Å². The highest BCUT2D eigenvalue weighted by Gasteiger charge is 2.34.